The summed E-state index contributed by atoms with van der Waals surface area (Å²) in [6, 6.07) is 3.39. The molecule has 140 valence electrons. The maximum atomic E-state index is 14.1. The van der Waals surface area contributed by atoms with Crippen LogP contribution in [0.4, 0.5) is 8.78 Å². The Balaban J connectivity index is 0.00000109. The molecule has 1 aromatic carbocycles. The van der Waals surface area contributed by atoms with Gasteiger partial charge in [-0.2, -0.15) is 0 Å². The standard InChI is InChI=1S/C17H21F2NO3.C2H6/c1-17(4-6-23-7-5-17)20-9-13(14(10-20)16(21)22)12-3-2-11(18)8-15(12)19;1-2/h2-3,8,13-14H,4-7,9-10H2,1H3,(H,21,22);1-2H3. The van der Waals surface area contributed by atoms with E-state index in [1.54, 1.807) is 0 Å². The number of carbonyl (C=O) groups is 1. The summed E-state index contributed by atoms with van der Waals surface area (Å²) >= 11 is 0. The quantitative estimate of drug-likeness (QED) is 0.899. The molecule has 1 aromatic rings. The molecule has 2 unspecified atom stereocenters. The minimum absolute atomic E-state index is 0.128. The molecule has 25 heavy (non-hydrogen) atoms. The van der Waals surface area contributed by atoms with E-state index in [1.807, 2.05) is 13.8 Å². The third-order valence-corrected chi connectivity index (χ3v) is 5.33. The number of carboxylic acids is 1. The topological polar surface area (TPSA) is 49.8 Å². The number of hydrogen-bond acceptors (Lipinski definition) is 3. The molecule has 2 aliphatic heterocycles. The fourth-order valence-corrected chi connectivity index (χ4v) is 3.74. The van der Waals surface area contributed by atoms with E-state index in [0.29, 0.717) is 26.3 Å². The largest absolute Gasteiger partial charge is 0.481 e. The molecular formula is C19H27F2NO3. The van der Waals surface area contributed by atoms with E-state index < -0.39 is 29.4 Å². The van der Waals surface area contributed by atoms with Crippen molar-refractivity contribution in [2.45, 2.75) is 45.1 Å². The number of ether oxygens (including phenoxy) is 1. The van der Waals surface area contributed by atoms with Crippen LogP contribution < -0.4 is 0 Å². The first-order chi connectivity index (χ1) is 11.9. The highest BCUT2D eigenvalue weighted by Crippen LogP contribution is 2.40. The zero-order chi connectivity index (χ0) is 18.6. The summed E-state index contributed by atoms with van der Waals surface area (Å²) < 4.78 is 32.7. The Morgan fingerprint density at radius 3 is 2.44 bits per heavy atom. The molecular weight excluding hydrogens is 328 g/mol. The lowest BCUT2D eigenvalue weighted by Crippen LogP contribution is -2.49. The molecule has 2 fully saturated rings. The third kappa shape index (κ3) is 4.18. The smallest absolute Gasteiger partial charge is 0.308 e. The average Bonchev–Trinajstić information content (AvgIpc) is 3.03. The molecule has 0 spiro atoms. The molecule has 0 bridgehead atoms. The van der Waals surface area contributed by atoms with Crippen LogP contribution >= 0.6 is 0 Å². The zero-order valence-electron chi connectivity index (χ0n) is 15.1. The van der Waals surface area contributed by atoms with Gasteiger partial charge in [0.15, 0.2) is 0 Å². The van der Waals surface area contributed by atoms with E-state index in [4.69, 9.17) is 4.74 Å². The second kappa shape index (κ2) is 8.23. The molecule has 3 rings (SSSR count). The summed E-state index contributed by atoms with van der Waals surface area (Å²) in [6.07, 6.45) is 1.66. The molecule has 0 radical (unpaired) electrons. The predicted molar refractivity (Wildman–Crippen MR) is 91.6 cm³/mol. The van der Waals surface area contributed by atoms with Crippen molar-refractivity contribution in [1.82, 2.24) is 4.90 Å². The normalized spacial score (nSPS) is 26.0. The SMILES string of the molecule is CC.CC1(N2CC(C(=O)O)C(c3ccc(F)cc3F)C2)CCOCC1. The molecule has 0 aromatic heterocycles. The van der Waals surface area contributed by atoms with Crippen molar-refractivity contribution in [2.24, 2.45) is 5.92 Å². The Morgan fingerprint density at radius 2 is 1.88 bits per heavy atom. The van der Waals surface area contributed by atoms with Gasteiger partial charge in [0.1, 0.15) is 11.6 Å². The number of likely N-dealkylation sites (tertiary alicyclic amines) is 1. The lowest BCUT2D eigenvalue weighted by molar-refractivity contribution is -0.141. The Labute approximate surface area is 147 Å². The Hall–Kier alpha value is -1.53. The van der Waals surface area contributed by atoms with Crippen LogP contribution in [0.1, 0.15) is 45.1 Å². The van der Waals surface area contributed by atoms with Gasteiger partial charge < -0.3 is 9.84 Å². The van der Waals surface area contributed by atoms with Crippen molar-refractivity contribution >= 4 is 5.97 Å². The highest BCUT2D eigenvalue weighted by molar-refractivity contribution is 5.72. The fourth-order valence-electron chi connectivity index (χ4n) is 3.74. The maximum Gasteiger partial charge on any atom is 0.308 e. The molecule has 1 N–H and O–H groups in total. The molecule has 6 heteroatoms. The van der Waals surface area contributed by atoms with Crippen LogP contribution in [0.2, 0.25) is 0 Å². The van der Waals surface area contributed by atoms with E-state index in [-0.39, 0.29) is 11.1 Å². The molecule has 0 saturated carbocycles. The van der Waals surface area contributed by atoms with E-state index in [2.05, 4.69) is 11.8 Å². The van der Waals surface area contributed by atoms with Crippen molar-refractivity contribution in [3.63, 3.8) is 0 Å². The summed E-state index contributed by atoms with van der Waals surface area (Å²) in [5.41, 5.74) is 0.161. The van der Waals surface area contributed by atoms with Crippen LogP contribution in [0, 0.1) is 17.6 Å². The van der Waals surface area contributed by atoms with Crippen molar-refractivity contribution in [3.8, 4) is 0 Å². The van der Waals surface area contributed by atoms with Gasteiger partial charge in [-0.1, -0.05) is 19.9 Å². The maximum absolute atomic E-state index is 14.1. The van der Waals surface area contributed by atoms with Crippen LogP contribution in [0.3, 0.4) is 0 Å². The highest BCUT2D eigenvalue weighted by atomic mass is 19.1. The van der Waals surface area contributed by atoms with Gasteiger partial charge in [-0.05, 0) is 31.4 Å². The molecule has 2 aliphatic rings. The van der Waals surface area contributed by atoms with Gasteiger partial charge in [0.2, 0.25) is 0 Å². The monoisotopic (exact) mass is 355 g/mol. The van der Waals surface area contributed by atoms with Crippen LogP contribution in [0.25, 0.3) is 0 Å². The van der Waals surface area contributed by atoms with E-state index in [1.165, 1.54) is 12.1 Å². The number of aliphatic carboxylic acids is 1. The number of rotatable bonds is 3. The van der Waals surface area contributed by atoms with Gasteiger partial charge in [-0.25, -0.2) is 8.78 Å². The summed E-state index contributed by atoms with van der Waals surface area (Å²) in [4.78, 5) is 13.8. The Bertz CT molecular complexity index is 602. The van der Waals surface area contributed by atoms with Gasteiger partial charge in [0, 0.05) is 43.8 Å². The first-order valence-corrected chi connectivity index (χ1v) is 8.91. The fraction of sp³-hybridized carbons (Fsp3) is 0.632. The molecule has 0 amide bonds. The number of halogens is 2. The van der Waals surface area contributed by atoms with Gasteiger partial charge in [-0.3, -0.25) is 9.69 Å². The van der Waals surface area contributed by atoms with Gasteiger partial charge in [0.05, 0.1) is 5.92 Å². The first-order valence-electron chi connectivity index (χ1n) is 8.91. The summed E-state index contributed by atoms with van der Waals surface area (Å²) in [6.45, 7) is 8.27. The number of nitrogens with zero attached hydrogens (tertiary/aromatic N) is 1. The second-order valence-corrected chi connectivity index (χ2v) is 6.73. The van der Waals surface area contributed by atoms with E-state index in [0.717, 1.165) is 18.9 Å². The van der Waals surface area contributed by atoms with Crippen molar-refractivity contribution in [3.05, 3.63) is 35.4 Å². The number of benzene rings is 1. The van der Waals surface area contributed by atoms with Gasteiger partial charge in [0.25, 0.3) is 0 Å². The average molecular weight is 355 g/mol. The number of hydrogen-bond donors (Lipinski definition) is 1. The first kappa shape index (κ1) is 19.8. The van der Waals surface area contributed by atoms with E-state index in [9.17, 15) is 18.7 Å². The molecule has 0 aliphatic carbocycles. The molecule has 4 nitrogen and oxygen atoms in total. The van der Waals surface area contributed by atoms with Gasteiger partial charge in [-0.15, -0.1) is 0 Å². The minimum atomic E-state index is -0.933. The zero-order valence-corrected chi connectivity index (χ0v) is 15.1. The summed E-state index contributed by atoms with van der Waals surface area (Å²) in [7, 11) is 0. The lowest BCUT2D eigenvalue weighted by atomic mass is 9.88. The minimum Gasteiger partial charge on any atom is -0.481 e. The molecule has 2 heterocycles. The highest BCUT2D eigenvalue weighted by Gasteiger charge is 2.46. The van der Waals surface area contributed by atoms with Crippen LogP contribution in [0.15, 0.2) is 18.2 Å². The summed E-state index contributed by atoms with van der Waals surface area (Å²) in [5.74, 6) is -3.40. The van der Waals surface area contributed by atoms with Crippen molar-refractivity contribution in [2.75, 3.05) is 26.3 Å². The van der Waals surface area contributed by atoms with Crippen molar-refractivity contribution < 1.29 is 23.4 Å². The second-order valence-electron chi connectivity index (χ2n) is 6.73. The Morgan fingerprint density at radius 1 is 1.24 bits per heavy atom. The number of carboxylic acid groups (broad SMARTS) is 1. The van der Waals surface area contributed by atoms with Gasteiger partial charge >= 0.3 is 5.97 Å². The van der Waals surface area contributed by atoms with Crippen molar-refractivity contribution in [1.29, 1.82) is 0 Å². The van der Waals surface area contributed by atoms with Crippen LogP contribution in [-0.2, 0) is 9.53 Å². The Kier molecular flexibility index (Phi) is 6.52. The third-order valence-electron chi connectivity index (χ3n) is 5.33. The predicted octanol–water partition coefficient (Wildman–Crippen LogP) is 3.66. The molecule has 2 atom stereocenters. The molecule has 2 saturated heterocycles. The van der Waals surface area contributed by atoms with Crippen LogP contribution in [0.5, 0.6) is 0 Å². The summed E-state index contributed by atoms with van der Waals surface area (Å²) in [5, 5.41) is 9.54. The lowest BCUT2D eigenvalue weighted by Gasteiger charge is -2.42. The van der Waals surface area contributed by atoms with E-state index >= 15 is 0 Å². The van der Waals surface area contributed by atoms with Crippen LogP contribution in [-0.4, -0.2) is 47.8 Å².